The molecule has 4 nitrogen and oxygen atoms in total. The molecule has 2 rings (SSSR count). The van der Waals surface area contributed by atoms with E-state index in [1.165, 1.54) is 6.07 Å². The van der Waals surface area contributed by atoms with Crippen LogP contribution in [0.3, 0.4) is 0 Å². The van der Waals surface area contributed by atoms with Crippen LogP contribution in [0.5, 0.6) is 0 Å². The Kier molecular flexibility index (Phi) is 8.90. The second-order valence-electron chi connectivity index (χ2n) is 6.17. The van der Waals surface area contributed by atoms with Crippen LogP contribution in [0.1, 0.15) is 26.7 Å². The highest BCUT2D eigenvalue weighted by atomic mass is 35.5. The highest BCUT2D eigenvalue weighted by molar-refractivity contribution is 8.00. The molecule has 0 unspecified atom stereocenters. The number of halogens is 3. The zero-order valence-electron chi connectivity index (χ0n) is 14.7. The van der Waals surface area contributed by atoms with Gasteiger partial charge in [0.1, 0.15) is 5.82 Å². The van der Waals surface area contributed by atoms with Crippen LogP contribution in [0.15, 0.2) is 23.2 Å². The lowest BCUT2D eigenvalue weighted by Gasteiger charge is -2.11. The minimum absolute atomic E-state index is 0.328. The summed E-state index contributed by atoms with van der Waals surface area (Å²) in [5.74, 6) is 0.250. The number of hydrogen-bond donors (Lipinski definition) is 3. The normalized spacial score (nSPS) is 11.2. The van der Waals surface area contributed by atoms with Gasteiger partial charge < -0.3 is 15.4 Å². The number of unbranched alkanes of at least 4 members (excludes halogenated alkanes) is 1. The zero-order chi connectivity index (χ0) is 18.9. The molecule has 0 aliphatic carbocycles. The standard InChI is InChI=1S/C17H23ClF2N4S2/c1-11(2)9-21-5-3-4-6-22-14-8-13(19)15(7-12(14)18)26-24-17-23-10-16(20)25-17/h7-8,10-11,21-22H,3-6,9H2,1-2H3,(H,23,24). The number of hydrogen-bond acceptors (Lipinski definition) is 6. The van der Waals surface area contributed by atoms with Crippen LogP contribution in [0, 0.1) is 16.9 Å². The molecule has 0 saturated carbocycles. The molecule has 1 heterocycles. The van der Waals surface area contributed by atoms with Crippen molar-refractivity contribution < 1.29 is 8.78 Å². The third-order valence-corrected chi connectivity index (χ3v) is 5.37. The molecular formula is C17H23ClF2N4S2. The van der Waals surface area contributed by atoms with Crippen molar-refractivity contribution in [3.8, 4) is 0 Å². The molecule has 9 heteroatoms. The number of benzene rings is 1. The van der Waals surface area contributed by atoms with Gasteiger partial charge in [-0.15, -0.1) is 0 Å². The van der Waals surface area contributed by atoms with Gasteiger partial charge in [-0.1, -0.05) is 36.8 Å². The average molecular weight is 421 g/mol. The average Bonchev–Trinajstić information content (AvgIpc) is 3.00. The van der Waals surface area contributed by atoms with E-state index in [4.69, 9.17) is 11.6 Å². The minimum atomic E-state index is -0.398. The molecule has 144 valence electrons. The van der Waals surface area contributed by atoms with Gasteiger partial charge in [-0.2, -0.15) is 4.39 Å². The molecule has 0 spiro atoms. The van der Waals surface area contributed by atoms with E-state index >= 15 is 0 Å². The minimum Gasteiger partial charge on any atom is -0.384 e. The molecule has 0 aliphatic rings. The van der Waals surface area contributed by atoms with Gasteiger partial charge in [-0.3, -0.25) is 0 Å². The molecule has 0 radical (unpaired) electrons. The maximum absolute atomic E-state index is 14.2. The lowest BCUT2D eigenvalue weighted by molar-refractivity contribution is 0.538. The second kappa shape index (κ2) is 10.9. The molecule has 3 N–H and O–H groups in total. The van der Waals surface area contributed by atoms with E-state index in [2.05, 4.69) is 34.2 Å². The summed E-state index contributed by atoms with van der Waals surface area (Å²) < 4.78 is 29.9. The molecule has 0 fully saturated rings. The maximum Gasteiger partial charge on any atom is 0.198 e. The maximum atomic E-state index is 14.2. The van der Waals surface area contributed by atoms with Crippen molar-refractivity contribution in [1.82, 2.24) is 10.3 Å². The van der Waals surface area contributed by atoms with Crippen molar-refractivity contribution in [3.63, 3.8) is 0 Å². The van der Waals surface area contributed by atoms with Crippen LogP contribution in [0.4, 0.5) is 19.6 Å². The summed E-state index contributed by atoms with van der Waals surface area (Å²) in [6.07, 6.45) is 3.13. The fraction of sp³-hybridized carbons (Fsp3) is 0.471. The number of aromatic nitrogens is 1. The summed E-state index contributed by atoms with van der Waals surface area (Å²) in [6, 6.07) is 2.93. The molecule has 26 heavy (non-hydrogen) atoms. The number of rotatable bonds is 11. The summed E-state index contributed by atoms with van der Waals surface area (Å²) in [5, 5.41) is 6.98. The van der Waals surface area contributed by atoms with Gasteiger partial charge in [-0.25, -0.2) is 9.37 Å². The Bertz CT molecular complexity index is 697. The van der Waals surface area contributed by atoms with Crippen molar-refractivity contribution in [2.24, 2.45) is 5.92 Å². The third-order valence-electron chi connectivity index (χ3n) is 3.40. The fourth-order valence-electron chi connectivity index (χ4n) is 2.13. The lowest BCUT2D eigenvalue weighted by Crippen LogP contribution is -2.21. The Morgan fingerprint density at radius 1 is 1.23 bits per heavy atom. The van der Waals surface area contributed by atoms with Crippen molar-refractivity contribution >= 4 is 45.7 Å². The monoisotopic (exact) mass is 420 g/mol. The summed E-state index contributed by atoms with van der Waals surface area (Å²) >= 11 is 8.10. The van der Waals surface area contributed by atoms with E-state index in [0.717, 1.165) is 62.0 Å². The zero-order valence-corrected chi connectivity index (χ0v) is 17.1. The van der Waals surface area contributed by atoms with Crippen molar-refractivity contribution in [3.05, 3.63) is 34.3 Å². The Morgan fingerprint density at radius 2 is 2.00 bits per heavy atom. The van der Waals surface area contributed by atoms with E-state index in [1.54, 1.807) is 6.07 Å². The third kappa shape index (κ3) is 7.26. The predicted octanol–water partition coefficient (Wildman–Crippen LogP) is 5.63. The van der Waals surface area contributed by atoms with Crippen molar-refractivity contribution in [2.75, 3.05) is 29.7 Å². The van der Waals surface area contributed by atoms with Gasteiger partial charge in [0.2, 0.25) is 0 Å². The molecule has 0 atom stereocenters. The summed E-state index contributed by atoms with van der Waals surface area (Å²) in [4.78, 5) is 4.15. The largest absolute Gasteiger partial charge is 0.384 e. The van der Waals surface area contributed by atoms with Gasteiger partial charge in [0.05, 0.1) is 21.8 Å². The van der Waals surface area contributed by atoms with Gasteiger partial charge in [0.25, 0.3) is 0 Å². The molecule has 1 aromatic heterocycles. The van der Waals surface area contributed by atoms with Crippen molar-refractivity contribution in [2.45, 2.75) is 31.6 Å². The van der Waals surface area contributed by atoms with E-state index in [-0.39, 0.29) is 0 Å². The molecule has 0 bridgehead atoms. The molecular weight excluding hydrogens is 398 g/mol. The smallest absolute Gasteiger partial charge is 0.198 e. The summed E-state index contributed by atoms with van der Waals surface area (Å²) in [6.45, 7) is 7.08. The van der Waals surface area contributed by atoms with Crippen LogP contribution in [-0.4, -0.2) is 24.6 Å². The number of thiazole rings is 1. The van der Waals surface area contributed by atoms with Crippen molar-refractivity contribution in [1.29, 1.82) is 0 Å². The van der Waals surface area contributed by atoms with E-state index < -0.39 is 10.9 Å². The van der Waals surface area contributed by atoms with Gasteiger partial charge in [0.15, 0.2) is 10.3 Å². The quantitative estimate of drug-likeness (QED) is 0.325. The van der Waals surface area contributed by atoms with Crippen LogP contribution in [0.25, 0.3) is 0 Å². The summed E-state index contributed by atoms with van der Waals surface area (Å²) in [5.41, 5.74) is 0.573. The van der Waals surface area contributed by atoms with Gasteiger partial charge >= 0.3 is 0 Å². The first-order valence-corrected chi connectivity index (χ1v) is 10.4. The van der Waals surface area contributed by atoms with Crippen LogP contribution in [0.2, 0.25) is 5.02 Å². The SMILES string of the molecule is CC(C)CNCCCCNc1cc(F)c(SNc2ncc(F)s2)cc1Cl. The predicted molar refractivity (Wildman–Crippen MR) is 108 cm³/mol. The first-order chi connectivity index (χ1) is 12.5. The molecule has 0 aliphatic heterocycles. The van der Waals surface area contributed by atoms with E-state index in [0.29, 0.717) is 26.7 Å². The second-order valence-corrected chi connectivity index (χ2v) is 8.40. The Balaban J connectivity index is 1.77. The first kappa shape index (κ1) is 21.2. The van der Waals surface area contributed by atoms with E-state index in [9.17, 15) is 8.78 Å². The van der Waals surface area contributed by atoms with Crippen LogP contribution in [-0.2, 0) is 0 Å². The Labute approximate surface area is 166 Å². The van der Waals surface area contributed by atoms with Crippen LogP contribution < -0.4 is 15.4 Å². The molecule has 1 aromatic carbocycles. The topological polar surface area (TPSA) is 49.0 Å². The Morgan fingerprint density at radius 3 is 2.69 bits per heavy atom. The van der Waals surface area contributed by atoms with Crippen LogP contribution >= 0.6 is 34.9 Å². The highest BCUT2D eigenvalue weighted by Gasteiger charge is 2.10. The highest BCUT2D eigenvalue weighted by Crippen LogP contribution is 2.32. The fourth-order valence-corrected chi connectivity index (χ4v) is 3.70. The molecule has 0 amide bonds. The number of nitrogens with zero attached hydrogens (tertiary/aromatic N) is 1. The molecule has 0 saturated heterocycles. The number of nitrogens with one attached hydrogen (secondary N) is 3. The molecule has 2 aromatic rings. The lowest BCUT2D eigenvalue weighted by atomic mass is 10.2. The van der Waals surface area contributed by atoms with Gasteiger partial charge in [0, 0.05) is 6.54 Å². The summed E-state index contributed by atoms with van der Waals surface area (Å²) in [7, 11) is 0. The number of anilines is 2. The van der Waals surface area contributed by atoms with E-state index in [1.807, 2.05) is 0 Å². The Hall–Kier alpha value is -1.09. The first-order valence-electron chi connectivity index (χ1n) is 8.43. The van der Waals surface area contributed by atoms with Gasteiger partial charge in [-0.05, 0) is 55.9 Å².